The molecule has 2 nitrogen and oxygen atoms in total. The SMILES string of the molecule is CC(N)c1cc(N)cc(C2CC2)c1. The Kier molecular flexibility index (Phi) is 2.00. The summed E-state index contributed by atoms with van der Waals surface area (Å²) < 4.78 is 0. The monoisotopic (exact) mass is 176 g/mol. The van der Waals surface area contributed by atoms with Gasteiger partial charge in [0.2, 0.25) is 0 Å². The number of rotatable bonds is 2. The molecule has 1 fully saturated rings. The second-order valence-electron chi connectivity index (χ2n) is 4.00. The molecule has 0 amide bonds. The summed E-state index contributed by atoms with van der Waals surface area (Å²) in [6.07, 6.45) is 2.61. The van der Waals surface area contributed by atoms with Gasteiger partial charge in [0.25, 0.3) is 0 Å². The zero-order chi connectivity index (χ0) is 9.42. The first-order chi connectivity index (χ1) is 6.16. The highest BCUT2D eigenvalue weighted by molar-refractivity contribution is 5.47. The molecule has 0 radical (unpaired) electrons. The van der Waals surface area contributed by atoms with Crippen LogP contribution in [0.5, 0.6) is 0 Å². The van der Waals surface area contributed by atoms with E-state index >= 15 is 0 Å². The highest BCUT2D eigenvalue weighted by atomic mass is 14.6. The average molecular weight is 176 g/mol. The molecule has 0 spiro atoms. The van der Waals surface area contributed by atoms with Gasteiger partial charge < -0.3 is 11.5 Å². The standard InChI is InChI=1S/C11H16N2/c1-7(12)9-4-10(8-2-3-8)6-11(13)5-9/h4-8H,2-3,12-13H2,1H3. The molecule has 2 rings (SSSR count). The molecule has 1 atom stereocenters. The highest BCUT2D eigenvalue weighted by Crippen LogP contribution is 2.41. The molecule has 1 unspecified atom stereocenters. The Morgan fingerprint density at radius 3 is 2.54 bits per heavy atom. The predicted octanol–water partition coefficient (Wildman–Crippen LogP) is 2.17. The Morgan fingerprint density at radius 2 is 2.00 bits per heavy atom. The predicted molar refractivity (Wildman–Crippen MR) is 55.4 cm³/mol. The van der Waals surface area contributed by atoms with Crippen molar-refractivity contribution in [3.63, 3.8) is 0 Å². The lowest BCUT2D eigenvalue weighted by molar-refractivity contribution is 0.815. The van der Waals surface area contributed by atoms with Crippen LogP contribution in [0.25, 0.3) is 0 Å². The molecule has 70 valence electrons. The summed E-state index contributed by atoms with van der Waals surface area (Å²) in [6.45, 7) is 1.99. The van der Waals surface area contributed by atoms with Crippen LogP contribution in [0.2, 0.25) is 0 Å². The van der Waals surface area contributed by atoms with Crippen molar-refractivity contribution in [1.82, 2.24) is 0 Å². The van der Waals surface area contributed by atoms with E-state index in [9.17, 15) is 0 Å². The summed E-state index contributed by atoms with van der Waals surface area (Å²) >= 11 is 0. The normalized spacial score (nSPS) is 18.6. The van der Waals surface area contributed by atoms with E-state index in [2.05, 4.69) is 12.1 Å². The fraction of sp³-hybridized carbons (Fsp3) is 0.455. The van der Waals surface area contributed by atoms with Crippen molar-refractivity contribution in [2.45, 2.75) is 31.7 Å². The van der Waals surface area contributed by atoms with Gasteiger partial charge in [0.05, 0.1) is 0 Å². The quantitative estimate of drug-likeness (QED) is 0.678. The van der Waals surface area contributed by atoms with Gasteiger partial charge in [0, 0.05) is 11.7 Å². The van der Waals surface area contributed by atoms with Gasteiger partial charge in [-0.25, -0.2) is 0 Å². The molecule has 0 aromatic heterocycles. The molecule has 1 aliphatic carbocycles. The number of nitrogen functional groups attached to an aromatic ring is 1. The number of nitrogens with two attached hydrogens (primary N) is 2. The fourth-order valence-electron chi connectivity index (χ4n) is 1.62. The van der Waals surface area contributed by atoms with Crippen LogP contribution in [0, 0.1) is 0 Å². The smallest absolute Gasteiger partial charge is 0.0320 e. The first-order valence-corrected chi connectivity index (χ1v) is 4.83. The Bertz CT molecular complexity index is 294. The van der Waals surface area contributed by atoms with Crippen molar-refractivity contribution in [3.8, 4) is 0 Å². The second-order valence-corrected chi connectivity index (χ2v) is 4.00. The van der Waals surface area contributed by atoms with Gasteiger partial charge in [-0.2, -0.15) is 0 Å². The third-order valence-corrected chi connectivity index (χ3v) is 2.57. The van der Waals surface area contributed by atoms with Crippen molar-refractivity contribution in [2.75, 3.05) is 5.73 Å². The van der Waals surface area contributed by atoms with Gasteiger partial charge in [0.1, 0.15) is 0 Å². The van der Waals surface area contributed by atoms with E-state index in [0.717, 1.165) is 17.2 Å². The maximum absolute atomic E-state index is 5.82. The average Bonchev–Trinajstić information content (AvgIpc) is 2.85. The molecule has 2 heteroatoms. The van der Waals surface area contributed by atoms with Crippen molar-refractivity contribution < 1.29 is 0 Å². The van der Waals surface area contributed by atoms with Crippen LogP contribution in [0.4, 0.5) is 5.69 Å². The van der Waals surface area contributed by atoms with Crippen LogP contribution < -0.4 is 11.5 Å². The largest absolute Gasteiger partial charge is 0.399 e. The van der Waals surface area contributed by atoms with E-state index in [1.54, 1.807) is 0 Å². The first kappa shape index (κ1) is 8.57. The van der Waals surface area contributed by atoms with Crippen LogP contribution in [0.1, 0.15) is 42.9 Å². The molecule has 4 N–H and O–H groups in total. The van der Waals surface area contributed by atoms with Gasteiger partial charge >= 0.3 is 0 Å². The van der Waals surface area contributed by atoms with E-state index in [0.29, 0.717) is 0 Å². The molecule has 1 saturated carbocycles. The van der Waals surface area contributed by atoms with Gasteiger partial charge in [-0.05, 0) is 48.9 Å². The van der Waals surface area contributed by atoms with Crippen molar-refractivity contribution in [1.29, 1.82) is 0 Å². The maximum atomic E-state index is 5.82. The molecule has 0 aliphatic heterocycles. The minimum Gasteiger partial charge on any atom is -0.399 e. The highest BCUT2D eigenvalue weighted by Gasteiger charge is 2.24. The molecular weight excluding hydrogens is 160 g/mol. The van der Waals surface area contributed by atoms with Crippen molar-refractivity contribution in [3.05, 3.63) is 29.3 Å². The van der Waals surface area contributed by atoms with E-state index in [-0.39, 0.29) is 6.04 Å². The fourth-order valence-corrected chi connectivity index (χ4v) is 1.62. The number of hydrogen-bond donors (Lipinski definition) is 2. The summed E-state index contributed by atoms with van der Waals surface area (Å²) in [5, 5.41) is 0. The molecule has 0 bridgehead atoms. The summed E-state index contributed by atoms with van der Waals surface area (Å²) in [6, 6.07) is 6.32. The van der Waals surface area contributed by atoms with E-state index in [1.165, 1.54) is 18.4 Å². The van der Waals surface area contributed by atoms with E-state index < -0.39 is 0 Å². The summed E-state index contributed by atoms with van der Waals surface area (Å²) in [7, 11) is 0. The Balaban J connectivity index is 2.36. The minimum atomic E-state index is 0.0843. The topological polar surface area (TPSA) is 52.0 Å². The van der Waals surface area contributed by atoms with Gasteiger partial charge in [0.15, 0.2) is 0 Å². The summed E-state index contributed by atoms with van der Waals surface area (Å²) in [5.74, 6) is 0.751. The van der Waals surface area contributed by atoms with Gasteiger partial charge in [-0.15, -0.1) is 0 Å². The molecule has 0 heterocycles. The lowest BCUT2D eigenvalue weighted by atomic mass is 10.0. The lowest BCUT2D eigenvalue weighted by Gasteiger charge is -2.09. The van der Waals surface area contributed by atoms with Crippen molar-refractivity contribution >= 4 is 5.69 Å². The second kappa shape index (κ2) is 3.04. The summed E-state index contributed by atoms with van der Waals surface area (Å²) in [4.78, 5) is 0. The van der Waals surface area contributed by atoms with Crippen LogP contribution >= 0.6 is 0 Å². The Morgan fingerprint density at radius 1 is 1.31 bits per heavy atom. The molecule has 1 aromatic rings. The minimum absolute atomic E-state index is 0.0843. The van der Waals surface area contributed by atoms with Crippen molar-refractivity contribution in [2.24, 2.45) is 5.73 Å². The third-order valence-electron chi connectivity index (χ3n) is 2.57. The number of benzene rings is 1. The van der Waals surface area contributed by atoms with Crippen LogP contribution in [-0.4, -0.2) is 0 Å². The summed E-state index contributed by atoms with van der Waals surface area (Å²) in [5.41, 5.74) is 15.0. The Hall–Kier alpha value is -1.02. The maximum Gasteiger partial charge on any atom is 0.0320 e. The van der Waals surface area contributed by atoms with E-state index in [1.807, 2.05) is 13.0 Å². The van der Waals surface area contributed by atoms with Crippen LogP contribution in [0.15, 0.2) is 18.2 Å². The molecule has 0 saturated heterocycles. The van der Waals surface area contributed by atoms with Gasteiger partial charge in [-0.1, -0.05) is 6.07 Å². The third kappa shape index (κ3) is 1.83. The molecule has 1 aromatic carbocycles. The molecule has 13 heavy (non-hydrogen) atoms. The number of hydrogen-bond acceptors (Lipinski definition) is 2. The van der Waals surface area contributed by atoms with Gasteiger partial charge in [-0.3, -0.25) is 0 Å². The zero-order valence-electron chi connectivity index (χ0n) is 7.96. The zero-order valence-corrected chi connectivity index (χ0v) is 7.96. The molecular formula is C11H16N2. The van der Waals surface area contributed by atoms with Crippen LogP contribution in [-0.2, 0) is 0 Å². The number of anilines is 1. The molecule has 1 aliphatic rings. The lowest BCUT2D eigenvalue weighted by Crippen LogP contribution is -2.06. The van der Waals surface area contributed by atoms with Crippen LogP contribution in [0.3, 0.4) is 0 Å². The Labute approximate surface area is 78.9 Å². The van der Waals surface area contributed by atoms with E-state index in [4.69, 9.17) is 11.5 Å². The first-order valence-electron chi connectivity index (χ1n) is 4.83.